The van der Waals surface area contributed by atoms with Crippen molar-refractivity contribution in [2.24, 2.45) is 0 Å². The highest BCUT2D eigenvalue weighted by molar-refractivity contribution is 8.13. The van der Waals surface area contributed by atoms with Crippen LogP contribution in [0.4, 0.5) is 13.2 Å². The van der Waals surface area contributed by atoms with Crippen molar-refractivity contribution in [3.05, 3.63) is 30.2 Å². The largest absolute Gasteiger partial charge is 0.433 e. The minimum Gasteiger partial charge on any atom is -0.252 e. The van der Waals surface area contributed by atoms with E-state index in [0.29, 0.717) is 10.9 Å². The van der Waals surface area contributed by atoms with Gasteiger partial charge in [0.2, 0.25) is 5.03 Å². The lowest BCUT2D eigenvalue weighted by Crippen LogP contribution is -2.09. The van der Waals surface area contributed by atoms with E-state index in [4.69, 9.17) is 10.7 Å². The molecule has 102 valence electrons. The standard InChI is InChI=1S/C8H4ClF3N4O2S/c9-19(17,18)7-4-14-16(15-7)5-1-2-13-6(3-5)8(10,11)12/h1-4H. The Morgan fingerprint density at radius 2 is 2.00 bits per heavy atom. The van der Waals surface area contributed by atoms with Crippen LogP contribution < -0.4 is 0 Å². The maximum Gasteiger partial charge on any atom is 0.433 e. The topological polar surface area (TPSA) is 77.7 Å². The van der Waals surface area contributed by atoms with Crippen molar-refractivity contribution >= 4 is 19.7 Å². The molecule has 0 spiro atoms. The van der Waals surface area contributed by atoms with Crippen molar-refractivity contribution in [3.63, 3.8) is 0 Å². The predicted octanol–water partition coefficient (Wildman–Crippen LogP) is 1.61. The van der Waals surface area contributed by atoms with Gasteiger partial charge in [-0.25, -0.2) is 8.42 Å². The van der Waals surface area contributed by atoms with Gasteiger partial charge in [-0.15, -0.1) is 5.10 Å². The van der Waals surface area contributed by atoms with Crippen molar-refractivity contribution in [2.45, 2.75) is 11.2 Å². The van der Waals surface area contributed by atoms with Gasteiger partial charge < -0.3 is 0 Å². The lowest BCUT2D eigenvalue weighted by Gasteiger charge is -2.06. The van der Waals surface area contributed by atoms with Crippen LogP contribution in [-0.2, 0) is 15.2 Å². The van der Waals surface area contributed by atoms with Crippen LogP contribution in [0.25, 0.3) is 5.69 Å². The minimum atomic E-state index is -4.62. The molecule has 0 aromatic carbocycles. The predicted molar refractivity (Wildman–Crippen MR) is 57.2 cm³/mol. The van der Waals surface area contributed by atoms with Gasteiger partial charge in [-0.3, -0.25) is 4.98 Å². The van der Waals surface area contributed by atoms with Crippen LogP contribution in [0.15, 0.2) is 29.6 Å². The van der Waals surface area contributed by atoms with Gasteiger partial charge in [0.25, 0.3) is 9.05 Å². The Labute approximate surface area is 109 Å². The summed E-state index contributed by atoms with van der Waals surface area (Å²) in [4.78, 5) is 3.87. The number of rotatable bonds is 2. The van der Waals surface area contributed by atoms with Crippen molar-refractivity contribution in [1.29, 1.82) is 0 Å². The highest BCUT2D eigenvalue weighted by Crippen LogP contribution is 2.28. The van der Waals surface area contributed by atoms with Crippen molar-refractivity contribution in [3.8, 4) is 5.69 Å². The molecule has 0 amide bonds. The van der Waals surface area contributed by atoms with Gasteiger partial charge in [0.1, 0.15) is 5.69 Å². The highest BCUT2D eigenvalue weighted by atomic mass is 35.7. The SMILES string of the molecule is O=S(=O)(Cl)c1cnn(-c2ccnc(C(F)(F)F)c2)n1. The van der Waals surface area contributed by atoms with Crippen LogP contribution in [-0.4, -0.2) is 28.4 Å². The molecule has 0 fully saturated rings. The van der Waals surface area contributed by atoms with Crippen LogP contribution in [0.1, 0.15) is 5.69 Å². The van der Waals surface area contributed by atoms with Gasteiger partial charge in [0.15, 0.2) is 0 Å². The van der Waals surface area contributed by atoms with E-state index < -0.39 is 25.9 Å². The van der Waals surface area contributed by atoms with Crippen LogP contribution in [0, 0.1) is 0 Å². The van der Waals surface area contributed by atoms with Crippen LogP contribution >= 0.6 is 10.7 Å². The Morgan fingerprint density at radius 1 is 1.32 bits per heavy atom. The van der Waals surface area contributed by atoms with Crippen LogP contribution in [0.5, 0.6) is 0 Å². The fourth-order valence-corrected chi connectivity index (χ4v) is 1.74. The summed E-state index contributed by atoms with van der Waals surface area (Å²) >= 11 is 0. The second-order valence-corrected chi connectivity index (χ2v) is 5.82. The normalized spacial score (nSPS) is 12.6. The van der Waals surface area contributed by atoms with Gasteiger partial charge in [-0.05, 0) is 12.1 Å². The molecule has 0 aliphatic heterocycles. The molecule has 0 saturated heterocycles. The van der Waals surface area contributed by atoms with E-state index in [0.717, 1.165) is 12.4 Å². The summed E-state index contributed by atoms with van der Waals surface area (Å²) in [5.41, 5.74) is -1.23. The maximum atomic E-state index is 12.4. The van der Waals surface area contributed by atoms with Crippen molar-refractivity contribution in [2.75, 3.05) is 0 Å². The maximum absolute atomic E-state index is 12.4. The molecular formula is C8H4ClF3N4O2S. The van der Waals surface area contributed by atoms with Gasteiger partial charge >= 0.3 is 6.18 Å². The summed E-state index contributed by atoms with van der Waals surface area (Å²) in [5, 5.41) is 6.43. The summed E-state index contributed by atoms with van der Waals surface area (Å²) in [5.74, 6) is 0. The third-order valence-electron chi connectivity index (χ3n) is 1.99. The Hall–Kier alpha value is -1.68. The molecule has 2 rings (SSSR count). The molecule has 11 heteroatoms. The van der Waals surface area contributed by atoms with Gasteiger partial charge in [-0.2, -0.15) is 23.1 Å². The van der Waals surface area contributed by atoms with E-state index in [1.807, 2.05) is 0 Å². The van der Waals surface area contributed by atoms with E-state index in [9.17, 15) is 21.6 Å². The Kier molecular flexibility index (Phi) is 3.22. The zero-order valence-corrected chi connectivity index (χ0v) is 10.4. The van der Waals surface area contributed by atoms with E-state index in [2.05, 4.69) is 15.2 Å². The average Bonchev–Trinajstić information content (AvgIpc) is 2.77. The Bertz CT molecular complexity index is 713. The molecule has 0 unspecified atom stereocenters. The quantitative estimate of drug-likeness (QED) is 0.787. The number of nitrogens with zero attached hydrogens (tertiary/aromatic N) is 4. The van der Waals surface area contributed by atoms with E-state index >= 15 is 0 Å². The third kappa shape index (κ3) is 3.01. The molecular weight excluding hydrogens is 309 g/mol. The molecule has 0 atom stereocenters. The van der Waals surface area contributed by atoms with Crippen LogP contribution in [0.3, 0.4) is 0 Å². The van der Waals surface area contributed by atoms with E-state index in [1.54, 1.807) is 0 Å². The Morgan fingerprint density at radius 3 is 2.53 bits per heavy atom. The molecule has 6 nitrogen and oxygen atoms in total. The van der Waals surface area contributed by atoms with Gasteiger partial charge in [-0.1, -0.05) is 0 Å². The van der Waals surface area contributed by atoms with Crippen molar-refractivity contribution < 1.29 is 21.6 Å². The zero-order chi connectivity index (χ0) is 14.3. The molecule has 2 aromatic heterocycles. The van der Waals surface area contributed by atoms with Gasteiger partial charge in [0, 0.05) is 16.9 Å². The van der Waals surface area contributed by atoms with Crippen molar-refractivity contribution in [1.82, 2.24) is 20.0 Å². The smallest absolute Gasteiger partial charge is 0.252 e. The first kappa shape index (κ1) is 13.7. The third-order valence-corrected chi connectivity index (χ3v) is 3.15. The second-order valence-electron chi connectivity index (χ2n) is 3.31. The molecule has 0 saturated carbocycles. The second kappa shape index (κ2) is 4.46. The number of aromatic nitrogens is 4. The summed E-state index contributed by atoms with van der Waals surface area (Å²) in [6, 6.07) is 1.88. The highest BCUT2D eigenvalue weighted by Gasteiger charge is 2.32. The fourth-order valence-electron chi connectivity index (χ4n) is 1.18. The first-order chi connectivity index (χ1) is 8.68. The molecule has 2 aromatic rings. The summed E-state index contributed by atoms with van der Waals surface area (Å²) < 4.78 is 59.3. The molecule has 19 heavy (non-hydrogen) atoms. The lowest BCUT2D eigenvalue weighted by atomic mass is 10.3. The fraction of sp³-hybridized carbons (Fsp3) is 0.125. The molecule has 0 radical (unpaired) electrons. The minimum absolute atomic E-state index is 0.0890. The molecule has 2 heterocycles. The summed E-state index contributed by atoms with van der Waals surface area (Å²) in [7, 11) is 0.939. The molecule has 0 N–H and O–H groups in total. The van der Waals surface area contributed by atoms with E-state index in [-0.39, 0.29) is 5.69 Å². The number of hydrogen-bond donors (Lipinski definition) is 0. The summed E-state index contributed by atoms with van der Waals surface area (Å²) in [6.07, 6.45) is -2.88. The molecule has 0 aliphatic rings. The monoisotopic (exact) mass is 312 g/mol. The van der Waals surface area contributed by atoms with Gasteiger partial charge in [0.05, 0.1) is 11.9 Å². The lowest BCUT2D eigenvalue weighted by molar-refractivity contribution is -0.141. The number of alkyl halides is 3. The first-order valence-electron chi connectivity index (χ1n) is 4.58. The first-order valence-corrected chi connectivity index (χ1v) is 6.89. The number of pyridine rings is 1. The number of halogens is 4. The van der Waals surface area contributed by atoms with E-state index in [1.165, 1.54) is 6.07 Å². The average molecular weight is 313 g/mol. The van der Waals surface area contributed by atoms with Crippen LogP contribution in [0.2, 0.25) is 0 Å². The number of hydrogen-bond acceptors (Lipinski definition) is 5. The molecule has 0 bridgehead atoms. The summed E-state index contributed by atoms with van der Waals surface area (Å²) in [6.45, 7) is 0. The molecule has 0 aliphatic carbocycles. The Balaban J connectivity index is 2.46. The zero-order valence-electron chi connectivity index (χ0n) is 8.83.